The van der Waals surface area contributed by atoms with Crippen molar-refractivity contribution < 1.29 is 14.1 Å². The van der Waals surface area contributed by atoms with Crippen molar-refractivity contribution in [2.45, 2.75) is 4.90 Å². The van der Waals surface area contributed by atoms with Crippen molar-refractivity contribution in [2.75, 3.05) is 5.75 Å². The van der Waals surface area contributed by atoms with Gasteiger partial charge < -0.3 is 0 Å². The normalized spacial score (nSPS) is 10.2. The lowest BCUT2D eigenvalue weighted by molar-refractivity contribution is -0.384. The van der Waals surface area contributed by atoms with Crippen LogP contribution in [0.2, 0.25) is 0 Å². The first kappa shape index (κ1) is 14.2. The second-order valence-electron chi connectivity index (χ2n) is 3.97. The summed E-state index contributed by atoms with van der Waals surface area (Å²) in [5, 5.41) is 10.5. The fourth-order valence-electron chi connectivity index (χ4n) is 1.53. The number of thioether (sulfide) groups is 1. The average Bonchev–Trinajstić information content (AvgIpc) is 2.46. The summed E-state index contributed by atoms with van der Waals surface area (Å²) in [6.45, 7) is 0. The van der Waals surface area contributed by atoms with Crippen LogP contribution in [0.1, 0.15) is 10.4 Å². The standard InChI is InChI=1S/C14H10FNO3S/c15-11-3-1-10(2-4-11)14(17)9-20-13-7-5-12(6-8-13)16(18)19/h1-8H,9H2. The topological polar surface area (TPSA) is 60.2 Å². The molecule has 0 unspecified atom stereocenters. The lowest BCUT2D eigenvalue weighted by Gasteiger charge is -2.02. The number of Topliss-reactive ketones (excluding diaryl/α,β-unsaturated/α-hetero) is 1. The van der Waals surface area contributed by atoms with E-state index in [1.54, 1.807) is 12.1 Å². The Morgan fingerprint density at radius 1 is 1.10 bits per heavy atom. The zero-order valence-electron chi connectivity index (χ0n) is 10.3. The summed E-state index contributed by atoms with van der Waals surface area (Å²) >= 11 is 1.28. The van der Waals surface area contributed by atoms with E-state index in [-0.39, 0.29) is 23.0 Å². The zero-order chi connectivity index (χ0) is 14.5. The van der Waals surface area contributed by atoms with Gasteiger partial charge in [-0.25, -0.2) is 4.39 Å². The molecule has 0 N–H and O–H groups in total. The van der Waals surface area contributed by atoms with Crippen LogP contribution < -0.4 is 0 Å². The minimum Gasteiger partial charge on any atom is -0.293 e. The maximum Gasteiger partial charge on any atom is 0.269 e. The largest absolute Gasteiger partial charge is 0.293 e. The predicted octanol–water partition coefficient (Wildman–Crippen LogP) is 3.71. The van der Waals surface area contributed by atoms with Gasteiger partial charge in [0.2, 0.25) is 0 Å². The van der Waals surface area contributed by atoms with E-state index >= 15 is 0 Å². The molecule has 0 saturated heterocycles. The molecule has 0 heterocycles. The molecule has 0 aliphatic heterocycles. The van der Waals surface area contributed by atoms with E-state index in [1.165, 1.54) is 48.2 Å². The van der Waals surface area contributed by atoms with Crippen molar-refractivity contribution >= 4 is 23.2 Å². The molecule has 0 fully saturated rings. The third-order valence-electron chi connectivity index (χ3n) is 2.58. The lowest BCUT2D eigenvalue weighted by atomic mass is 10.1. The van der Waals surface area contributed by atoms with Crippen LogP contribution >= 0.6 is 11.8 Å². The summed E-state index contributed by atoms with van der Waals surface area (Å²) in [6, 6.07) is 11.3. The summed E-state index contributed by atoms with van der Waals surface area (Å²) < 4.78 is 12.7. The highest BCUT2D eigenvalue weighted by atomic mass is 32.2. The van der Waals surface area contributed by atoms with Gasteiger partial charge in [-0.05, 0) is 36.4 Å². The molecule has 0 aliphatic rings. The van der Waals surface area contributed by atoms with Gasteiger partial charge in [0.25, 0.3) is 5.69 Å². The average molecular weight is 291 g/mol. The van der Waals surface area contributed by atoms with Gasteiger partial charge in [-0.1, -0.05) is 0 Å². The Labute approximate surface area is 118 Å². The highest BCUT2D eigenvalue weighted by Crippen LogP contribution is 2.22. The molecule has 0 spiro atoms. The molecule has 4 nitrogen and oxygen atoms in total. The van der Waals surface area contributed by atoms with Gasteiger partial charge in [0.05, 0.1) is 10.7 Å². The molecule has 0 aliphatic carbocycles. The number of benzene rings is 2. The molecule has 6 heteroatoms. The molecule has 0 amide bonds. The maximum absolute atomic E-state index is 12.7. The van der Waals surface area contributed by atoms with Gasteiger partial charge in [-0.2, -0.15) is 0 Å². The van der Waals surface area contributed by atoms with Gasteiger partial charge in [0.15, 0.2) is 5.78 Å². The van der Waals surface area contributed by atoms with Gasteiger partial charge in [0.1, 0.15) is 5.82 Å². The van der Waals surface area contributed by atoms with Gasteiger partial charge >= 0.3 is 0 Å². The molecule has 0 bridgehead atoms. The van der Waals surface area contributed by atoms with Crippen LogP contribution in [0.5, 0.6) is 0 Å². The predicted molar refractivity (Wildman–Crippen MR) is 74.6 cm³/mol. The monoisotopic (exact) mass is 291 g/mol. The number of halogens is 1. The Kier molecular flexibility index (Phi) is 4.47. The lowest BCUT2D eigenvalue weighted by Crippen LogP contribution is -2.02. The van der Waals surface area contributed by atoms with Crippen LogP contribution in [-0.2, 0) is 0 Å². The number of ketones is 1. The van der Waals surface area contributed by atoms with Crippen molar-refractivity contribution in [3.05, 3.63) is 70.0 Å². The smallest absolute Gasteiger partial charge is 0.269 e. The minimum absolute atomic E-state index is 0.0132. The fraction of sp³-hybridized carbons (Fsp3) is 0.0714. The second-order valence-corrected chi connectivity index (χ2v) is 5.02. The molecule has 0 aromatic heterocycles. The summed E-state index contributed by atoms with van der Waals surface area (Å²) in [4.78, 5) is 22.7. The third kappa shape index (κ3) is 3.64. The highest BCUT2D eigenvalue weighted by Gasteiger charge is 2.08. The van der Waals surface area contributed by atoms with Crippen LogP contribution in [0.15, 0.2) is 53.4 Å². The van der Waals surface area contributed by atoms with E-state index in [0.717, 1.165) is 4.90 Å². The summed E-state index contributed by atoms with van der Waals surface area (Å²) in [5.41, 5.74) is 0.458. The number of carbonyl (C=O) groups is 1. The van der Waals surface area contributed by atoms with Crippen molar-refractivity contribution in [2.24, 2.45) is 0 Å². The SMILES string of the molecule is O=C(CSc1ccc([N+](=O)[O-])cc1)c1ccc(F)cc1. The molecule has 2 aromatic carbocycles. The number of hydrogen-bond donors (Lipinski definition) is 0. The molecule has 102 valence electrons. The quantitative estimate of drug-likeness (QED) is 0.364. The van der Waals surface area contributed by atoms with E-state index in [4.69, 9.17) is 0 Å². The Hall–Kier alpha value is -2.21. The molecule has 0 saturated carbocycles. The van der Waals surface area contributed by atoms with E-state index in [2.05, 4.69) is 0 Å². The number of non-ortho nitro benzene ring substituents is 1. The van der Waals surface area contributed by atoms with Crippen LogP contribution in [0, 0.1) is 15.9 Å². The van der Waals surface area contributed by atoms with Gasteiger partial charge in [-0.15, -0.1) is 11.8 Å². The number of nitrogens with zero attached hydrogens (tertiary/aromatic N) is 1. The second kappa shape index (κ2) is 6.29. The molecular formula is C14H10FNO3S. The van der Waals surface area contributed by atoms with Crippen LogP contribution in [0.4, 0.5) is 10.1 Å². The molecule has 0 atom stereocenters. The summed E-state index contributed by atoms with van der Waals surface area (Å²) in [6.07, 6.45) is 0. The summed E-state index contributed by atoms with van der Waals surface area (Å²) in [5.74, 6) is -0.304. The van der Waals surface area contributed by atoms with Crippen LogP contribution in [-0.4, -0.2) is 16.5 Å². The molecule has 2 aromatic rings. The third-order valence-corrected chi connectivity index (χ3v) is 3.60. The Bertz CT molecular complexity index is 626. The van der Waals surface area contributed by atoms with Crippen LogP contribution in [0.25, 0.3) is 0 Å². The molecule has 0 radical (unpaired) electrons. The fourth-order valence-corrected chi connectivity index (χ4v) is 2.33. The number of nitro groups is 1. The minimum atomic E-state index is -0.474. The van der Waals surface area contributed by atoms with Crippen molar-refractivity contribution in [3.8, 4) is 0 Å². The first-order chi connectivity index (χ1) is 9.56. The van der Waals surface area contributed by atoms with Crippen molar-refractivity contribution in [3.63, 3.8) is 0 Å². The van der Waals surface area contributed by atoms with Crippen LogP contribution in [0.3, 0.4) is 0 Å². The maximum atomic E-state index is 12.7. The Morgan fingerprint density at radius 3 is 2.25 bits per heavy atom. The number of rotatable bonds is 5. The number of carbonyl (C=O) groups excluding carboxylic acids is 1. The van der Waals surface area contributed by atoms with E-state index < -0.39 is 4.92 Å². The van der Waals surface area contributed by atoms with E-state index in [9.17, 15) is 19.3 Å². The van der Waals surface area contributed by atoms with Gasteiger partial charge in [-0.3, -0.25) is 14.9 Å². The molecule has 2 rings (SSSR count). The highest BCUT2D eigenvalue weighted by molar-refractivity contribution is 8.00. The Morgan fingerprint density at radius 2 is 1.70 bits per heavy atom. The first-order valence-corrected chi connectivity index (χ1v) is 6.71. The summed E-state index contributed by atoms with van der Waals surface area (Å²) in [7, 11) is 0. The van der Waals surface area contributed by atoms with Gasteiger partial charge in [0, 0.05) is 22.6 Å². The van der Waals surface area contributed by atoms with Crippen molar-refractivity contribution in [1.82, 2.24) is 0 Å². The number of nitro benzene ring substituents is 1. The van der Waals surface area contributed by atoms with E-state index in [1.807, 2.05) is 0 Å². The Balaban J connectivity index is 1.96. The van der Waals surface area contributed by atoms with E-state index in [0.29, 0.717) is 5.56 Å². The zero-order valence-corrected chi connectivity index (χ0v) is 11.1. The first-order valence-electron chi connectivity index (χ1n) is 5.72. The van der Waals surface area contributed by atoms with Crippen molar-refractivity contribution in [1.29, 1.82) is 0 Å². The molecular weight excluding hydrogens is 281 g/mol. The number of hydrogen-bond acceptors (Lipinski definition) is 4. The molecule has 20 heavy (non-hydrogen) atoms.